The molecule has 12 heteroatoms. The Labute approximate surface area is 182 Å². The van der Waals surface area contributed by atoms with Crippen molar-refractivity contribution >= 4 is 21.9 Å². The summed E-state index contributed by atoms with van der Waals surface area (Å²) in [4.78, 5) is 25.7. The van der Waals surface area contributed by atoms with Gasteiger partial charge in [-0.1, -0.05) is 6.07 Å². The minimum absolute atomic E-state index is 0.0202. The van der Waals surface area contributed by atoms with E-state index in [1.807, 2.05) is 0 Å². The number of sulfonamides is 1. The van der Waals surface area contributed by atoms with Crippen LogP contribution in [-0.2, 0) is 19.6 Å². The fourth-order valence-electron chi connectivity index (χ4n) is 3.03. The Kier molecular flexibility index (Phi) is 7.36. The van der Waals surface area contributed by atoms with E-state index in [1.54, 1.807) is 0 Å². The standard InChI is InChI=1S/C20H19F3N2O6S/c21-15-4-6-17(7-5-15)32(28,29)25-10-8-24(9-11-25)18(26)13-30-19(27)14-2-1-3-16(12-14)31-20(22)23/h1-7,12,20H,8-11,13H2. The molecular weight excluding hydrogens is 453 g/mol. The molecule has 0 atom stereocenters. The number of piperazine rings is 1. The maximum absolute atomic E-state index is 13.0. The summed E-state index contributed by atoms with van der Waals surface area (Å²) in [5.41, 5.74) is -0.0637. The summed E-state index contributed by atoms with van der Waals surface area (Å²) in [7, 11) is -3.82. The van der Waals surface area contributed by atoms with Gasteiger partial charge in [-0.15, -0.1) is 0 Å². The van der Waals surface area contributed by atoms with Crippen molar-refractivity contribution in [2.45, 2.75) is 11.5 Å². The van der Waals surface area contributed by atoms with Crippen molar-refractivity contribution in [3.8, 4) is 5.75 Å². The lowest BCUT2D eigenvalue weighted by atomic mass is 10.2. The molecule has 0 spiro atoms. The number of halogens is 3. The van der Waals surface area contributed by atoms with Crippen LogP contribution in [-0.4, -0.2) is 68.9 Å². The van der Waals surface area contributed by atoms with E-state index in [2.05, 4.69) is 4.74 Å². The Morgan fingerprint density at radius 3 is 2.28 bits per heavy atom. The van der Waals surface area contributed by atoms with Gasteiger partial charge in [-0.3, -0.25) is 4.79 Å². The zero-order valence-electron chi connectivity index (χ0n) is 16.6. The highest BCUT2D eigenvalue weighted by molar-refractivity contribution is 7.89. The van der Waals surface area contributed by atoms with Crippen molar-refractivity contribution in [3.05, 3.63) is 59.9 Å². The summed E-state index contributed by atoms with van der Waals surface area (Å²) in [6.45, 7) is -3.45. The van der Waals surface area contributed by atoms with Crippen LogP contribution in [0.5, 0.6) is 5.75 Å². The fourth-order valence-corrected chi connectivity index (χ4v) is 4.46. The number of carbonyl (C=O) groups excluding carboxylic acids is 2. The van der Waals surface area contributed by atoms with Gasteiger partial charge in [0.25, 0.3) is 5.91 Å². The lowest BCUT2D eigenvalue weighted by Gasteiger charge is -2.33. The number of ether oxygens (including phenoxy) is 2. The fraction of sp³-hybridized carbons (Fsp3) is 0.300. The summed E-state index contributed by atoms with van der Waals surface area (Å²) in [6.07, 6.45) is 0. The van der Waals surface area contributed by atoms with E-state index in [9.17, 15) is 31.2 Å². The zero-order chi connectivity index (χ0) is 23.3. The monoisotopic (exact) mass is 472 g/mol. The molecule has 32 heavy (non-hydrogen) atoms. The van der Waals surface area contributed by atoms with Crippen LogP contribution in [0.2, 0.25) is 0 Å². The van der Waals surface area contributed by atoms with Gasteiger partial charge in [0.2, 0.25) is 10.0 Å². The SMILES string of the molecule is O=C(OCC(=O)N1CCN(S(=O)(=O)c2ccc(F)cc2)CC1)c1cccc(OC(F)F)c1. The molecule has 2 aromatic carbocycles. The molecule has 1 heterocycles. The third-order valence-corrected chi connectivity index (χ3v) is 6.58. The first-order valence-corrected chi connectivity index (χ1v) is 10.9. The first-order chi connectivity index (χ1) is 15.2. The van der Waals surface area contributed by atoms with Crippen molar-refractivity contribution in [1.29, 1.82) is 0 Å². The Morgan fingerprint density at radius 1 is 1.00 bits per heavy atom. The van der Waals surface area contributed by atoms with Crippen LogP contribution < -0.4 is 4.74 Å². The van der Waals surface area contributed by atoms with Crippen LogP contribution in [0.1, 0.15) is 10.4 Å². The molecular formula is C20H19F3N2O6S. The largest absolute Gasteiger partial charge is 0.452 e. The number of rotatable bonds is 7. The molecule has 3 rings (SSSR count). The van der Waals surface area contributed by atoms with Crippen LogP contribution in [0.3, 0.4) is 0 Å². The molecule has 0 aliphatic carbocycles. The Balaban J connectivity index is 1.51. The number of hydrogen-bond acceptors (Lipinski definition) is 6. The molecule has 1 fully saturated rings. The highest BCUT2D eigenvalue weighted by Crippen LogP contribution is 2.19. The average molecular weight is 472 g/mol. The molecule has 1 amide bonds. The second-order valence-electron chi connectivity index (χ2n) is 6.72. The lowest BCUT2D eigenvalue weighted by Crippen LogP contribution is -2.51. The highest BCUT2D eigenvalue weighted by atomic mass is 32.2. The highest BCUT2D eigenvalue weighted by Gasteiger charge is 2.30. The van der Waals surface area contributed by atoms with Gasteiger partial charge in [-0.05, 0) is 42.5 Å². The van der Waals surface area contributed by atoms with Crippen molar-refractivity contribution in [3.63, 3.8) is 0 Å². The molecule has 1 aliphatic heterocycles. The Morgan fingerprint density at radius 2 is 1.66 bits per heavy atom. The smallest absolute Gasteiger partial charge is 0.387 e. The molecule has 1 saturated heterocycles. The first-order valence-electron chi connectivity index (χ1n) is 9.42. The molecule has 0 bridgehead atoms. The maximum atomic E-state index is 13.0. The predicted octanol–water partition coefficient (Wildman–Crippen LogP) is 2.12. The van der Waals surface area contributed by atoms with E-state index in [0.717, 1.165) is 18.2 Å². The van der Waals surface area contributed by atoms with Crippen LogP contribution >= 0.6 is 0 Å². The summed E-state index contributed by atoms with van der Waals surface area (Å²) in [5, 5.41) is 0. The third kappa shape index (κ3) is 5.77. The van der Waals surface area contributed by atoms with Gasteiger partial charge in [0.15, 0.2) is 6.61 Å². The number of benzene rings is 2. The van der Waals surface area contributed by atoms with Crippen LogP contribution in [0.4, 0.5) is 13.2 Å². The normalized spacial score (nSPS) is 14.9. The van der Waals surface area contributed by atoms with Gasteiger partial charge in [0.1, 0.15) is 11.6 Å². The van der Waals surface area contributed by atoms with Gasteiger partial charge in [0.05, 0.1) is 10.5 Å². The van der Waals surface area contributed by atoms with E-state index in [4.69, 9.17) is 4.74 Å². The first kappa shape index (κ1) is 23.5. The molecule has 0 N–H and O–H groups in total. The minimum atomic E-state index is -3.82. The minimum Gasteiger partial charge on any atom is -0.452 e. The molecule has 0 saturated carbocycles. The van der Waals surface area contributed by atoms with E-state index in [1.165, 1.54) is 39.5 Å². The number of amides is 1. The molecule has 0 radical (unpaired) electrons. The van der Waals surface area contributed by atoms with Crippen molar-refractivity contribution < 1.29 is 40.7 Å². The van der Waals surface area contributed by atoms with Crippen LogP contribution in [0, 0.1) is 5.82 Å². The zero-order valence-corrected chi connectivity index (χ0v) is 17.4. The summed E-state index contributed by atoms with van der Waals surface area (Å²) < 4.78 is 73.2. The van der Waals surface area contributed by atoms with Crippen molar-refractivity contribution in [2.24, 2.45) is 0 Å². The summed E-state index contributed by atoms with van der Waals surface area (Å²) in [6, 6.07) is 9.41. The van der Waals surface area contributed by atoms with Crippen molar-refractivity contribution in [1.82, 2.24) is 9.21 Å². The Hall–Kier alpha value is -3.12. The van der Waals surface area contributed by atoms with E-state index in [0.29, 0.717) is 0 Å². The second-order valence-corrected chi connectivity index (χ2v) is 8.66. The summed E-state index contributed by atoms with van der Waals surface area (Å²) in [5.74, 6) is -2.20. The van der Waals surface area contributed by atoms with Gasteiger partial charge in [-0.2, -0.15) is 13.1 Å². The van der Waals surface area contributed by atoms with Gasteiger partial charge in [0, 0.05) is 26.2 Å². The average Bonchev–Trinajstić information content (AvgIpc) is 2.77. The van der Waals surface area contributed by atoms with Crippen LogP contribution in [0.25, 0.3) is 0 Å². The topological polar surface area (TPSA) is 93.2 Å². The van der Waals surface area contributed by atoms with Gasteiger partial charge >= 0.3 is 12.6 Å². The quantitative estimate of drug-likeness (QED) is 0.574. The summed E-state index contributed by atoms with van der Waals surface area (Å²) >= 11 is 0. The number of hydrogen-bond donors (Lipinski definition) is 0. The molecule has 2 aromatic rings. The third-order valence-electron chi connectivity index (χ3n) is 4.66. The maximum Gasteiger partial charge on any atom is 0.387 e. The number of carbonyl (C=O) groups is 2. The Bertz CT molecular complexity index is 1070. The lowest BCUT2D eigenvalue weighted by molar-refractivity contribution is -0.135. The van der Waals surface area contributed by atoms with Crippen LogP contribution in [0.15, 0.2) is 53.4 Å². The van der Waals surface area contributed by atoms with Crippen molar-refractivity contribution in [2.75, 3.05) is 32.8 Å². The number of esters is 1. The molecule has 172 valence electrons. The molecule has 0 unspecified atom stereocenters. The van der Waals surface area contributed by atoms with Gasteiger partial charge in [-0.25, -0.2) is 17.6 Å². The number of nitrogens with zero attached hydrogens (tertiary/aromatic N) is 2. The van der Waals surface area contributed by atoms with E-state index < -0.39 is 40.9 Å². The predicted molar refractivity (Wildman–Crippen MR) is 105 cm³/mol. The number of alkyl halides is 2. The van der Waals surface area contributed by atoms with Gasteiger partial charge < -0.3 is 14.4 Å². The second kappa shape index (κ2) is 10.0. The molecule has 0 aromatic heterocycles. The molecule has 8 nitrogen and oxygen atoms in total. The van der Waals surface area contributed by atoms with E-state index in [-0.39, 0.29) is 42.4 Å². The molecule has 1 aliphatic rings. The van der Waals surface area contributed by atoms with E-state index >= 15 is 0 Å².